The molecule has 8 nitrogen and oxygen atoms in total. The molecule has 8 heteroatoms. The summed E-state index contributed by atoms with van der Waals surface area (Å²) < 4.78 is 0. The summed E-state index contributed by atoms with van der Waals surface area (Å²) in [4.78, 5) is 35.5. The number of nitrogens with zero attached hydrogens (tertiary/aromatic N) is 4. The highest BCUT2D eigenvalue weighted by Crippen LogP contribution is 2.56. The minimum atomic E-state index is -0.395. The Morgan fingerprint density at radius 1 is 1.41 bits per heavy atom. The number of carbonyl (C=O) groups excluding carboxylic acids is 2. The molecule has 29 heavy (non-hydrogen) atoms. The third-order valence-corrected chi connectivity index (χ3v) is 5.65. The second kappa shape index (κ2) is 6.85. The predicted molar refractivity (Wildman–Crippen MR) is 106 cm³/mol. The minimum Gasteiger partial charge on any atom is -0.346 e. The van der Waals surface area contributed by atoms with Gasteiger partial charge in [-0.25, -0.2) is 9.78 Å². The number of amides is 3. The van der Waals surface area contributed by atoms with E-state index in [4.69, 9.17) is 5.26 Å². The fraction of sp³-hybridized carbons (Fsp3) is 0.381. The average Bonchev–Trinajstić information content (AvgIpc) is 3.45. The van der Waals surface area contributed by atoms with Crippen LogP contribution in [0.25, 0.3) is 0 Å². The Morgan fingerprint density at radius 3 is 2.83 bits per heavy atom. The Kier molecular flexibility index (Phi) is 4.46. The number of urea groups is 1. The van der Waals surface area contributed by atoms with Crippen LogP contribution in [0, 0.1) is 25.2 Å². The molecule has 2 aliphatic rings. The fourth-order valence-corrected chi connectivity index (χ4v) is 4.23. The van der Waals surface area contributed by atoms with Crippen molar-refractivity contribution in [3.8, 4) is 6.07 Å². The molecule has 2 aromatic rings. The van der Waals surface area contributed by atoms with Crippen molar-refractivity contribution in [2.75, 3.05) is 11.9 Å². The van der Waals surface area contributed by atoms with Crippen LogP contribution in [0.2, 0.25) is 0 Å². The van der Waals surface area contributed by atoms with E-state index in [1.165, 1.54) is 6.20 Å². The Labute approximate surface area is 169 Å². The number of fused-ring (bicyclic) bond motifs is 2. The van der Waals surface area contributed by atoms with Gasteiger partial charge in [-0.3, -0.25) is 9.78 Å². The second-order valence-electron chi connectivity index (χ2n) is 7.67. The number of hydrogen-bond donors (Lipinski definition) is 2. The van der Waals surface area contributed by atoms with Crippen LogP contribution in [-0.4, -0.2) is 33.4 Å². The van der Waals surface area contributed by atoms with Crippen molar-refractivity contribution in [2.24, 2.45) is 0 Å². The van der Waals surface area contributed by atoms with Gasteiger partial charge in [-0.2, -0.15) is 5.26 Å². The molecule has 1 aliphatic carbocycles. The average molecular weight is 390 g/mol. The van der Waals surface area contributed by atoms with Gasteiger partial charge in [-0.1, -0.05) is 12.1 Å². The van der Waals surface area contributed by atoms with Crippen LogP contribution < -0.4 is 10.6 Å². The molecule has 148 valence electrons. The highest BCUT2D eigenvalue weighted by Gasteiger charge is 2.56. The smallest absolute Gasteiger partial charge is 0.323 e. The summed E-state index contributed by atoms with van der Waals surface area (Å²) in [6.07, 6.45) is 3.09. The van der Waals surface area contributed by atoms with E-state index in [9.17, 15) is 9.59 Å². The van der Waals surface area contributed by atoms with Crippen LogP contribution >= 0.6 is 0 Å². The number of benzene rings is 1. The number of rotatable bonds is 4. The molecule has 2 N–H and O–H groups in total. The highest BCUT2D eigenvalue weighted by atomic mass is 16.2. The second-order valence-corrected chi connectivity index (χ2v) is 7.67. The molecule has 1 aliphatic heterocycles. The molecule has 0 bridgehead atoms. The zero-order valence-electron chi connectivity index (χ0n) is 16.6. The zero-order chi connectivity index (χ0) is 20.8. The maximum atomic E-state index is 12.8. The molecule has 2 heterocycles. The normalized spacial score (nSPS) is 17.2. The molecule has 1 aromatic carbocycles. The Hall–Kier alpha value is -3.47. The van der Waals surface area contributed by atoms with Crippen LogP contribution in [0.5, 0.6) is 0 Å². The zero-order valence-corrected chi connectivity index (χ0v) is 16.6. The van der Waals surface area contributed by atoms with Crippen LogP contribution in [0.15, 0.2) is 24.4 Å². The first-order chi connectivity index (χ1) is 13.9. The quantitative estimate of drug-likeness (QED) is 0.834. The van der Waals surface area contributed by atoms with E-state index in [0.29, 0.717) is 11.4 Å². The topological polar surface area (TPSA) is 111 Å². The molecule has 4 rings (SSSR count). The van der Waals surface area contributed by atoms with Gasteiger partial charge in [0.1, 0.15) is 12.6 Å². The summed E-state index contributed by atoms with van der Waals surface area (Å²) in [6.45, 7) is 5.56. The van der Waals surface area contributed by atoms with Crippen molar-refractivity contribution in [1.29, 1.82) is 5.26 Å². The van der Waals surface area contributed by atoms with Crippen LogP contribution in [-0.2, 0) is 10.3 Å². The predicted octanol–water partition coefficient (Wildman–Crippen LogP) is 2.68. The fourth-order valence-electron chi connectivity index (χ4n) is 4.23. The van der Waals surface area contributed by atoms with Gasteiger partial charge in [0.05, 0.1) is 29.2 Å². The Balaban J connectivity index is 1.51. The monoisotopic (exact) mass is 390 g/mol. The first-order valence-corrected chi connectivity index (χ1v) is 9.57. The maximum Gasteiger partial charge on any atom is 0.323 e. The van der Waals surface area contributed by atoms with Crippen molar-refractivity contribution < 1.29 is 9.59 Å². The van der Waals surface area contributed by atoms with Gasteiger partial charge in [-0.15, -0.1) is 0 Å². The van der Waals surface area contributed by atoms with Crippen LogP contribution in [0.4, 0.5) is 10.5 Å². The summed E-state index contributed by atoms with van der Waals surface area (Å²) in [5.74, 6) is -0.262. The summed E-state index contributed by atoms with van der Waals surface area (Å²) in [6, 6.07) is 7.17. The van der Waals surface area contributed by atoms with E-state index in [-0.39, 0.29) is 30.2 Å². The lowest BCUT2D eigenvalue weighted by Crippen LogP contribution is -2.51. The number of aryl methyl sites for hydroxylation is 2. The first-order valence-electron chi connectivity index (χ1n) is 9.57. The molecule has 1 aromatic heterocycles. The Morgan fingerprint density at radius 2 is 2.17 bits per heavy atom. The molecule has 0 saturated heterocycles. The van der Waals surface area contributed by atoms with Crippen molar-refractivity contribution >= 4 is 17.6 Å². The standard InChI is InChI=1S/C21H22N6O2/c1-12-5-4-6-16-18(12)21(7-8-21)27(20(29)26-16)11-17(28)25-14(3)19-13(2)24-15(9-22)10-23-19/h4-6,10,14H,7-8,11H2,1-3H3,(H,25,28)(H,26,29)/t14-/m1/s1. The maximum absolute atomic E-state index is 12.8. The lowest BCUT2D eigenvalue weighted by atomic mass is 9.93. The van der Waals surface area contributed by atoms with Crippen molar-refractivity contribution in [1.82, 2.24) is 20.2 Å². The van der Waals surface area contributed by atoms with E-state index in [0.717, 1.165) is 29.7 Å². The number of nitrogens with one attached hydrogen (secondary N) is 2. The largest absolute Gasteiger partial charge is 0.346 e. The molecule has 3 amide bonds. The number of nitriles is 1. The molecular weight excluding hydrogens is 368 g/mol. The molecule has 1 fully saturated rings. The van der Waals surface area contributed by atoms with Gasteiger partial charge in [0, 0.05) is 11.3 Å². The van der Waals surface area contributed by atoms with Gasteiger partial charge in [-0.05, 0) is 45.2 Å². The van der Waals surface area contributed by atoms with Gasteiger partial charge >= 0.3 is 6.03 Å². The third-order valence-electron chi connectivity index (χ3n) is 5.65. The van der Waals surface area contributed by atoms with Gasteiger partial charge < -0.3 is 15.5 Å². The number of hydrogen-bond acceptors (Lipinski definition) is 5. The third kappa shape index (κ3) is 3.18. The summed E-state index contributed by atoms with van der Waals surface area (Å²) in [5.41, 5.74) is 4.09. The molecular formula is C21H22N6O2. The summed E-state index contributed by atoms with van der Waals surface area (Å²) >= 11 is 0. The highest BCUT2D eigenvalue weighted by molar-refractivity contribution is 5.97. The summed E-state index contributed by atoms with van der Waals surface area (Å²) in [5, 5.41) is 14.7. The van der Waals surface area contributed by atoms with Crippen molar-refractivity contribution in [3.63, 3.8) is 0 Å². The number of carbonyl (C=O) groups is 2. The molecule has 1 saturated carbocycles. The number of aromatic nitrogens is 2. The van der Waals surface area contributed by atoms with Crippen molar-refractivity contribution in [2.45, 2.75) is 45.2 Å². The SMILES string of the molecule is Cc1cccc2c1C1(CC1)N(CC(=O)N[C@H](C)c1ncc(C#N)nc1C)C(=O)N2. The summed E-state index contributed by atoms with van der Waals surface area (Å²) in [7, 11) is 0. The van der Waals surface area contributed by atoms with E-state index < -0.39 is 5.54 Å². The first kappa shape index (κ1) is 18.9. The van der Waals surface area contributed by atoms with E-state index in [2.05, 4.69) is 20.6 Å². The number of anilines is 1. The van der Waals surface area contributed by atoms with E-state index >= 15 is 0 Å². The van der Waals surface area contributed by atoms with Crippen molar-refractivity contribution in [3.05, 3.63) is 52.6 Å². The lowest BCUT2D eigenvalue weighted by molar-refractivity contribution is -0.123. The van der Waals surface area contributed by atoms with Gasteiger partial charge in [0.25, 0.3) is 0 Å². The Bertz CT molecular complexity index is 1050. The van der Waals surface area contributed by atoms with E-state index in [1.54, 1.807) is 11.8 Å². The minimum absolute atomic E-state index is 0.0350. The van der Waals surface area contributed by atoms with Crippen LogP contribution in [0.1, 0.15) is 54.0 Å². The molecule has 0 radical (unpaired) electrons. The molecule has 1 atom stereocenters. The van der Waals surface area contributed by atoms with E-state index in [1.807, 2.05) is 38.1 Å². The lowest BCUT2D eigenvalue weighted by Gasteiger charge is -2.38. The molecule has 1 spiro atoms. The van der Waals surface area contributed by atoms with Crippen LogP contribution in [0.3, 0.4) is 0 Å². The molecule has 0 unspecified atom stereocenters. The van der Waals surface area contributed by atoms with Gasteiger partial charge in [0.15, 0.2) is 5.69 Å². The van der Waals surface area contributed by atoms with Gasteiger partial charge in [0.2, 0.25) is 5.91 Å².